The van der Waals surface area contributed by atoms with E-state index in [-0.39, 0.29) is 0 Å². The molecular weight excluding hydrogens is 193 g/mol. The molecule has 72 valence electrons. The summed E-state index contributed by atoms with van der Waals surface area (Å²) < 4.78 is 15.4. The molecule has 0 atom stereocenters. The second-order valence-electron chi connectivity index (χ2n) is 2.38. The molecule has 3 N–H and O–H groups in total. The minimum atomic E-state index is -4.20. The third kappa shape index (κ3) is 3.46. The highest BCUT2D eigenvalue weighted by Gasteiger charge is 2.11. The lowest BCUT2D eigenvalue weighted by Gasteiger charge is -2.07. The van der Waals surface area contributed by atoms with Gasteiger partial charge in [0.05, 0.1) is 7.11 Å². The lowest BCUT2D eigenvalue weighted by Crippen LogP contribution is -1.94. The van der Waals surface area contributed by atoms with Gasteiger partial charge in [0.1, 0.15) is 5.75 Å². The number of ether oxygens (including phenoxy) is 1. The first-order valence-electron chi connectivity index (χ1n) is 3.49. The zero-order valence-electron chi connectivity index (χ0n) is 6.97. The van der Waals surface area contributed by atoms with Crippen molar-refractivity contribution in [2.45, 2.75) is 0 Å². The van der Waals surface area contributed by atoms with Gasteiger partial charge >= 0.3 is 7.75 Å². The van der Waals surface area contributed by atoms with E-state index in [1.54, 1.807) is 12.1 Å². The van der Waals surface area contributed by atoms with Crippen LogP contribution >= 0.6 is 7.75 Å². The van der Waals surface area contributed by atoms with Gasteiger partial charge in [-0.15, -0.1) is 0 Å². The van der Waals surface area contributed by atoms with Crippen LogP contribution in [0.4, 0.5) is 5.69 Å². The van der Waals surface area contributed by atoms with E-state index < -0.39 is 7.75 Å². The molecule has 0 spiro atoms. The van der Waals surface area contributed by atoms with Gasteiger partial charge in [-0.2, -0.15) is 0 Å². The number of methoxy groups -OCH3 is 1. The van der Waals surface area contributed by atoms with Crippen LogP contribution in [0, 0.1) is 0 Å². The lowest BCUT2D eigenvalue weighted by molar-refractivity contribution is 0.380. The average molecular weight is 203 g/mol. The van der Waals surface area contributed by atoms with E-state index in [2.05, 4.69) is 0 Å². The Morgan fingerprint density at radius 1 is 1.31 bits per heavy atom. The molecule has 1 aromatic rings. The van der Waals surface area contributed by atoms with Crippen molar-refractivity contribution in [2.24, 2.45) is 0 Å². The van der Waals surface area contributed by atoms with E-state index >= 15 is 0 Å². The summed E-state index contributed by atoms with van der Waals surface area (Å²) in [6.45, 7) is 0. The number of benzene rings is 1. The summed E-state index contributed by atoms with van der Waals surface area (Å²) in [5.41, 5.74) is 0.356. The van der Waals surface area contributed by atoms with E-state index in [4.69, 9.17) is 14.5 Å². The fourth-order valence-electron chi connectivity index (χ4n) is 0.834. The quantitative estimate of drug-likeness (QED) is 0.643. The summed E-state index contributed by atoms with van der Waals surface area (Å²) in [6.07, 6.45) is 0. The summed E-state index contributed by atoms with van der Waals surface area (Å²) >= 11 is 0. The molecule has 0 fully saturated rings. The molecule has 0 aliphatic rings. The van der Waals surface area contributed by atoms with Gasteiger partial charge in [-0.1, -0.05) is 0 Å². The second-order valence-corrected chi connectivity index (χ2v) is 3.70. The van der Waals surface area contributed by atoms with Crippen LogP contribution in [0.5, 0.6) is 5.75 Å². The van der Waals surface area contributed by atoms with Gasteiger partial charge in [-0.25, -0.2) is 4.57 Å². The summed E-state index contributed by atoms with van der Waals surface area (Å²) in [5, 5.41) is 2.04. The van der Waals surface area contributed by atoms with E-state index in [0.29, 0.717) is 11.4 Å². The second kappa shape index (κ2) is 3.79. The molecule has 5 nitrogen and oxygen atoms in total. The zero-order chi connectivity index (χ0) is 9.90. The fraction of sp³-hybridized carbons (Fsp3) is 0.143. The molecule has 0 heterocycles. The first-order chi connectivity index (χ1) is 6.01. The average Bonchev–Trinajstić information content (AvgIpc) is 2.03. The Morgan fingerprint density at radius 2 is 1.85 bits per heavy atom. The molecule has 0 aliphatic carbocycles. The largest absolute Gasteiger partial charge is 0.497 e. The first-order valence-corrected chi connectivity index (χ1v) is 5.10. The van der Waals surface area contributed by atoms with Crippen molar-refractivity contribution in [3.63, 3.8) is 0 Å². The minimum absolute atomic E-state index is 0.356. The predicted molar refractivity (Wildman–Crippen MR) is 48.7 cm³/mol. The van der Waals surface area contributed by atoms with Gasteiger partial charge in [0.25, 0.3) is 0 Å². The van der Waals surface area contributed by atoms with Gasteiger partial charge in [0.2, 0.25) is 0 Å². The van der Waals surface area contributed by atoms with Gasteiger partial charge in [-0.05, 0) is 24.3 Å². The third-order valence-corrected chi connectivity index (χ3v) is 1.91. The Hall–Kier alpha value is -1.03. The molecule has 0 radical (unpaired) electrons. The highest BCUT2D eigenvalue weighted by molar-refractivity contribution is 7.53. The molecule has 1 aromatic carbocycles. The Morgan fingerprint density at radius 3 is 2.23 bits per heavy atom. The smallest absolute Gasteiger partial charge is 0.427 e. The normalized spacial score (nSPS) is 11.0. The topological polar surface area (TPSA) is 78.8 Å². The Kier molecular flexibility index (Phi) is 2.93. The zero-order valence-corrected chi connectivity index (χ0v) is 7.86. The SMILES string of the molecule is COc1ccc(NP(=O)(O)O)cc1. The van der Waals surface area contributed by atoms with Crippen LogP contribution in [-0.2, 0) is 4.57 Å². The van der Waals surface area contributed by atoms with Gasteiger partial charge < -0.3 is 14.5 Å². The van der Waals surface area contributed by atoms with E-state index in [1.807, 2.05) is 5.09 Å². The van der Waals surface area contributed by atoms with Crippen LogP contribution in [0.2, 0.25) is 0 Å². The standard InChI is InChI=1S/C7H10NO4P/c1-12-7-4-2-6(3-5-7)8-13(9,10)11/h2-5H,1H3,(H3,8,9,10,11). The molecule has 0 saturated carbocycles. The van der Waals surface area contributed by atoms with Crippen LogP contribution < -0.4 is 9.82 Å². The predicted octanol–water partition coefficient (Wildman–Crippen LogP) is 1.20. The summed E-state index contributed by atoms with van der Waals surface area (Å²) in [6, 6.07) is 6.27. The van der Waals surface area contributed by atoms with E-state index in [0.717, 1.165) is 0 Å². The molecule has 0 unspecified atom stereocenters. The number of hydrogen-bond acceptors (Lipinski definition) is 2. The van der Waals surface area contributed by atoms with E-state index in [1.165, 1.54) is 19.2 Å². The van der Waals surface area contributed by atoms with Crippen LogP contribution in [-0.4, -0.2) is 16.9 Å². The highest BCUT2D eigenvalue weighted by Crippen LogP contribution is 2.35. The number of rotatable bonds is 3. The maximum Gasteiger partial charge on any atom is 0.427 e. The molecule has 0 aromatic heterocycles. The number of anilines is 1. The molecule has 0 amide bonds. The molecule has 0 bridgehead atoms. The molecule has 13 heavy (non-hydrogen) atoms. The van der Waals surface area contributed by atoms with Crippen LogP contribution in [0.15, 0.2) is 24.3 Å². The van der Waals surface area contributed by atoms with Crippen LogP contribution in [0.25, 0.3) is 0 Å². The van der Waals surface area contributed by atoms with Gasteiger partial charge in [-0.3, -0.25) is 5.09 Å². The van der Waals surface area contributed by atoms with Crippen molar-refractivity contribution >= 4 is 13.4 Å². The van der Waals surface area contributed by atoms with Crippen molar-refractivity contribution < 1.29 is 19.1 Å². The minimum Gasteiger partial charge on any atom is -0.497 e. The maximum absolute atomic E-state index is 10.5. The number of hydrogen-bond donors (Lipinski definition) is 3. The maximum atomic E-state index is 10.5. The van der Waals surface area contributed by atoms with Crippen molar-refractivity contribution in [1.82, 2.24) is 0 Å². The third-order valence-electron chi connectivity index (χ3n) is 1.36. The van der Waals surface area contributed by atoms with Crippen molar-refractivity contribution in [2.75, 3.05) is 12.2 Å². The number of nitrogens with one attached hydrogen (secondary N) is 1. The molecule has 0 saturated heterocycles. The summed E-state index contributed by atoms with van der Waals surface area (Å²) in [7, 11) is -2.68. The lowest BCUT2D eigenvalue weighted by atomic mass is 10.3. The summed E-state index contributed by atoms with van der Waals surface area (Å²) in [4.78, 5) is 17.1. The highest BCUT2D eigenvalue weighted by atomic mass is 31.2. The monoisotopic (exact) mass is 203 g/mol. The van der Waals surface area contributed by atoms with Crippen LogP contribution in [0.1, 0.15) is 0 Å². The first kappa shape index (κ1) is 10.1. The molecule has 1 rings (SSSR count). The van der Waals surface area contributed by atoms with E-state index in [9.17, 15) is 4.57 Å². The van der Waals surface area contributed by atoms with Gasteiger partial charge in [0.15, 0.2) is 0 Å². The molecular formula is C7H10NO4P. The fourth-order valence-corrected chi connectivity index (χ4v) is 1.32. The van der Waals surface area contributed by atoms with Crippen LogP contribution in [0.3, 0.4) is 0 Å². The Bertz CT molecular complexity index is 318. The Balaban J connectivity index is 2.76. The summed E-state index contributed by atoms with van der Waals surface area (Å²) in [5.74, 6) is 0.635. The van der Waals surface area contributed by atoms with Crippen molar-refractivity contribution in [3.8, 4) is 5.75 Å². The molecule has 0 aliphatic heterocycles. The van der Waals surface area contributed by atoms with Crippen molar-refractivity contribution in [1.29, 1.82) is 0 Å². The molecule has 6 heteroatoms. The van der Waals surface area contributed by atoms with Crippen molar-refractivity contribution in [3.05, 3.63) is 24.3 Å². The Labute approximate surface area is 75.6 Å². The van der Waals surface area contributed by atoms with Gasteiger partial charge in [0, 0.05) is 5.69 Å².